The molecule has 3 heteroatoms. The summed E-state index contributed by atoms with van der Waals surface area (Å²) in [7, 11) is 0. The van der Waals surface area contributed by atoms with Crippen LogP contribution in [0.1, 0.15) is 12.8 Å². The van der Waals surface area contributed by atoms with Crippen molar-refractivity contribution in [1.29, 1.82) is 0 Å². The minimum absolute atomic E-state index is 0.586. The van der Waals surface area contributed by atoms with Gasteiger partial charge in [0.05, 0.1) is 0 Å². The third-order valence-corrected chi connectivity index (χ3v) is 1.44. The lowest BCUT2D eigenvalue weighted by molar-refractivity contribution is -0.117. The molecule has 0 saturated carbocycles. The van der Waals surface area contributed by atoms with E-state index >= 15 is 0 Å². The van der Waals surface area contributed by atoms with E-state index in [2.05, 4.69) is 0 Å². The maximum Gasteiger partial charge on any atom is 0.257 e. The predicted octanol–water partition coefficient (Wildman–Crippen LogP) is 0.0535. The number of amides is 1. The predicted molar refractivity (Wildman–Crippen MR) is 33.2 cm³/mol. The summed E-state index contributed by atoms with van der Waals surface area (Å²) in [5.74, 6) is -0.586. The van der Waals surface area contributed by atoms with Crippen LogP contribution in [-0.4, -0.2) is 23.9 Å². The number of rotatable bonds is 2. The Morgan fingerprint density at radius 1 is 1.44 bits per heavy atom. The highest BCUT2D eigenvalue weighted by molar-refractivity contribution is 5.81. The molecule has 1 aliphatic rings. The summed E-state index contributed by atoms with van der Waals surface area (Å²) in [6.07, 6.45) is 2.31. The summed E-state index contributed by atoms with van der Waals surface area (Å²) in [6.45, 7) is 3.27. The maximum atomic E-state index is 10.2. The van der Waals surface area contributed by atoms with Crippen molar-refractivity contribution in [3.63, 3.8) is 0 Å². The first-order chi connectivity index (χ1) is 4.29. The van der Waals surface area contributed by atoms with E-state index in [1.54, 1.807) is 0 Å². The average molecular weight is 126 g/mol. The van der Waals surface area contributed by atoms with Gasteiger partial charge in [-0.15, -0.1) is 0 Å². The van der Waals surface area contributed by atoms with Crippen LogP contribution in [0.4, 0.5) is 0 Å². The molecule has 0 bridgehead atoms. The van der Waals surface area contributed by atoms with Crippen LogP contribution in [0.2, 0.25) is 0 Å². The zero-order chi connectivity index (χ0) is 6.69. The van der Waals surface area contributed by atoms with E-state index in [1.165, 1.54) is 6.54 Å². The molecule has 1 amide bonds. The van der Waals surface area contributed by atoms with Gasteiger partial charge in [-0.2, -0.15) is 0 Å². The standard InChI is InChI=1S/C6H10N2O/c7-6(9)5-8-3-1-2-4-8/h5,7H,1-4H2. The van der Waals surface area contributed by atoms with Gasteiger partial charge in [0.1, 0.15) is 6.54 Å². The summed E-state index contributed by atoms with van der Waals surface area (Å²) in [5.41, 5.74) is 6.61. The van der Waals surface area contributed by atoms with Crippen molar-refractivity contribution in [2.24, 2.45) is 0 Å². The highest BCUT2D eigenvalue weighted by Crippen LogP contribution is 2.07. The Bertz CT molecular complexity index is 108. The molecule has 1 saturated heterocycles. The lowest BCUT2D eigenvalue weighted by atomic mass is 10.4. The topological polar surface area (TPSA) is 44.1 Å². The quantitative estimate of drug-likeness (QED) is 0.525. The van der Waals surface area contributed by atoms with Gasteiger partial charge in [0.25, 0.3) is 5.91 Å². The first-order valence-electron chi connectivity index (χ1n) is 3.13. The van der Waals surface area contributed by atoms with Crippen LogP contribution in [0.3, 0.4) is 0 Å². The number of likely N-dealkylation sites (tertiary alicyclic amines) is 1. The van der Waals surface area contributed by atoms with Crippen LogP contribution < -0.4 is 5.73 Å². The molecule has 1 aliphatic heterocycles. The molecule has 0 aromatic carbocycles. The molecule has 0 spiro atoms. The molecule has 0 aromatic rings. The van der Waals surface area contributed by atoms with Crippen LogP contribution >= 0.6 is 0 Å². The summed E-state index contributed by atoms with van der Waals surface area (Å²) < 4.78 is 0. The van der Waals surface area contributed by atoms with Gasteiger partial charge in [-0.1, -0.05) is 0 Å². The van der Waals surface area contributed by atoms with Crippen molar-refractivity contribution in [1.82, 2.24) is 10.6 Å². The molecule has 0 unspecified atom stereocenters. The summed E-state index contributed by atoms with van der Waals surface area (Å²) in [6, 6.07) is 0. The van der Waals surface area contributed by atoms with Crippen molar-refractivity contribution >= 4 is 5.91 Å². The smallest absolute Gasteiger partial charge is 0.257 e. The second-order valence-corrected chi connectivity index (χ2v) is 2.24. The SMILES string of the molecule is [NH]C(=O)[CH]N1CCCC1. The van der Waals surface area contributed by atoms with E-state index in [4.69, 9.17) is 5.73 Å². The zero-order valence-corrected chi connectivity index (χ0v) is 5.26. The molecular weight excluding hydrogens is 116 g/mol. The molecule has 50 valence electrons. The molecule has 1 fully saturated rings. The minimum Gasteiger partial charge on any atom is -0.290 e. The number of nitrogens with zero attached hydrogens (tertiary/aromatic N) is 1. The van der Waals surface area contributed by atoms with Crippen LogP contribution in [0.15, 0.2) is 0 Å². The maximum absolute atomic E-state index is 10.2. The fourth-order valence-electron chi connectivity index (χ4n) is 1.04. The van der Waals surface area contributed by atoms with Crippen molar-refractivity contribution in [3.8, 4) is 0 Å². The van der Waals surface area contributed by atoms with Crippen LogP contribution in [0, 0.1) is 6.54 Å². The van der Waals surface area contributed by atoms with Crippen molar-refractivity contribution in [2.45, 2.75) is 12.8 Å². The Labute approximate surface area is 54.8 Å². The first kappa shape index (κ1) is 6.55. The number of carbonyl (C=O) groups is 1. The fraction of sp³-hybridized carbons (Fsp3) is 0.667. The molecule has 3 nitrogen and oxygen atoms in total. The molecule has 1 rings (SSSR count). The Morgan fingerprint density at radius 3 is 2.44 bits per heavy atom. The van der Waals surface area contributed by atoms with Crippen molar-refractivity contribution in [2.75, 3.05) is 13.1 Å². The van der Waals surface area contributed by atoms with Gasteiger partial charge in [-0.3, -0.25) is 15.4 Å². The molecule has 0 aromatic heterocycles. The normalized spacial score (nSPS) is 20.4. The third kappa shape index (κ3) is 2.01. The number of nitrogens with one attached hydrogen (secondary N) is 1. The highest BCUT2D eigenvalue weighted by atomic mass is 16.1. The van der Waals surface area contributed by atoms with Gasteiger partial charge >= 0.3 is 0 Å². The summed E-state index contributed by atoms with van der Waals surface area (Å²) in [5, 5.41) is 0. The fourth-order valence-corrected chi connectivity index (χ4v) is 1.04. The molecular formula is C6H10N2O. The van der Waals surface area contributed by atoms with Gasteiger partial charge in [0.15, 0.2) is 0 Å². The minimum atomic E-state index is -0.586. The number of hydrogen-bond acceptors (Lipinski definition) is 2. The molecule has 9 heavy (non-hydrogen) atoms. The van der Waals surface area contributed by atoms with Gasteiger partial charge in [0, 0.05) is 0 Å². The summed E-state index contributed by atoms with van der Waals surface area (Å²) in [4.78, 5) is 12.1. The lowest BCUT2D eigenvalue weighted by Crippen LogP contribution is -2.21. The van der Waals surface area contributed by atoms with E-state index in [-0.39, 0.29) is 0 Å². The van der Waals surface area contributed by atoms with Crippen molar-refractivity contribution in [3.05, 3.63) is 6.54 Å². The van der Waals surface area contributed by atoms with Gasteiger partial charge < -0.3 is 0 Å². The summed E-state index contributed by atoms with van der Waals surface area (Å²) >= 11 is 0. The van der Waals surface area contributed by atoms with Crippen LogP contribution in [-0.2, 0) is 4.79 Å². The van der Waals surface area contributed by atoms with Crippen LogP contribution in [0.5, 0.6) is 0 Å². The number of hydrogen-bond donors (Lipinski definition) is 0. The van der Waals surface area contributed by atoms with E-state index < -0.39 is 5.91 Å². The second-order valence-electron chi connectivity index (χ2n) is 2.24. The van der Waals surface area contributed by atoms with Gasteiger partial charge in [0.2, 0.25) is 0 Å². The first-order valence-corrected chi connectivity index (χ1v) is 3.13. The molecule has 2 radical (unpaired) electrons. The van der Waals surface area contributed by atoms with Gasteiger partial charge in [-0.25, -0.2) is 0 Å². The molecule has 0 atom stereocenters. The molecule has 1 heterocycles. The van der Waals surface area contributed by atoms with E-state index in [0.717, 1.165) is 25.9 Å². The zero-order valence-electron chi connectivity index (χ0n) is 5.26. The average Bonchev–Trinajstić information content (AvgIpc) is 2.15. The Hall–Kier alpha value is -0.570. The largest absolute Gasteiger partial charge is 0.290 e. The van der Waals surface area contributed by atoms with Crippen LogP contribution in [0.25, 0.3) is 0 Å². The monoisotopic (exact) mass is 126 g/mol. The lowest BCUT2D eigenvalue weighted by Gasteiger charge is -2.08. The third-order valence-electron chi connectivity index (χ3n) is 1.44. The van der Waals surface area contributed by atoms with E-state index in [0.29, 0.717) is 0 Å². The van der Waals surface area contributed by atoms with E-state index in [1.807, 2.05) is 4.90 Å². The second kappa shape index (κ2) is 2.82. The molecule has 1 N–H and O–H groups in total. The Morgan fingerprint density at radius 2 is 2.00 bits per heavy atom. The van der Waals surface area contributed by atoms with Gasteiger partial charge in [-0.05, 0) is 25.9 Å². The molecule has 0 aliphatic carbocycles. The van der Waals surface area contributed by atoms with E-state index in [9.17, 15) is 4.79 Å². The van der Waals surface area contributed by atoms with Crippen molar-refractivity contribution < 1.29 is 4.79 Å². The Kier molecular flexibility index (Phi) is 2.05. The highest BCUT2D eigenvalue weighted by Gasteiger charge is 2.13. The Balaban J connectivity index is 2.19. The number of carbonyl (C=O) groups excluding carboxylic acids is 1.